The number of aryl methyl sites for hydroxylation is 2. The molecule has 15 heavy (non-hydrogen) atoms. The van der Waals surface area contributed by atoms with Gasteiger partial charge >= 0.3 is 5.97 Å². The van der Waals surface area contributed by atoms with E-state index >= 15 is 0 Å². The summed E-state index contributed by atoms with van der Waals surface area (Å²) in [4.78, 5) is 13.6. The van der Waals surface area contributed by atoms with Gasteiger partial charge in [-0.2, -0.15) is 0 Å². The van der Waals surface area contributed by atoms with Crippen LogP contribution in [0.25, 0.3) is 10.4 Å². The second-order valence-corrected chi connectivity index (χ2v) is 5.37. The minimum atomic E-state index is -0.833. The third-order valence-electron chi connectivity index (χ3n) is 2.53. The fourth-order valence-electron chi connectivity index (χ4n) is 1.82. The Bertz CT molecular complexity index is 541. The highest BCUT2D eigenvalue weighted by atomic mass is 32.1. The minimum Gasteiger partial charge on any atom is -0.477 e. The largest absolute Gasteiger partial charge is 0.477 e. The Morgan fingerprint density at radius 2 is 2.33 bits per heavy atom. The Morgan fingerprint density at radius 3 is 3.13 bits per heavy atom. The van der Waals surface area contributed by atoms with Crippen molar-refractivity contribution in [1.29, 1.82) is 0 Å². The lowest BCUT2D eigenvalue weighted by Gasteiger charge is -2.09. The van der Waals surface area contributed by atoms with Gasteiger partial charge in [-0.25, -0.2) is 9.17 Å². The Hall–Kier alpha value is -1.20. The normalized spacial score (nSPS) is 13.3. The highest BCUT2D eigenvalue weighted by Gasteiger charge is 2.22. The van der Waals surface area contributed by atoms with E-state index in [1.165, 1.54) is 33.3 Å². The number of carbonyl (C=O) groups is 1. The average molecular weight is 237 g/mol. The number of rotatable bonds is 1. The van der Waals surface area contributed by atoms with Gasteiger partial charge in [0.2, 0.25) is 0 Å². The lowest BCUT2D eigenvalue weighted by Crippen LogP contribution is -1.96. The maximum atomic E-state index is 10.9. The highest BCUT2D eigenvalue weighted by molar-refractivity contribution is 7.15. The van der Waals surface area contributed by atoms with Gasteiger partial charge < -0.3 is 5.11 Å². The van der Waals surface area contributed by atoms with Crippen LogP contribution in [0.1, 0.15) is 20.1 Å². The summed E-state index contributed by atoms with van der Waals surface area (Å²) in [6, 6.07) is 1.78. The maximum absolute atomic E-state index is 10.9. The molecule has 0 bridgehead atoms. The molecule has 2 aromatic rings. The number of nitrogens with zero attached hydrogens (tertiary/aromatic N) is 1. The van der Waals surface area contributed by atoms with E-state index in [0.29, 0.717) is 4.88 Å². The zero-order valence-electron chi connectivity index (χ0n) is 7.69. The molecule has 0 atom stereocenters. The van der Waals surface area contributed by atoms with E-state index in [-0.39, 0.29) is 0 Å². The molecule has 5 heteroatoms. The van der Waals surface area contributed by atoms with Crippen LogP contribution in [0.15, 0.2) is 12.3 Å². The molecule has 0 spiro atoms. The first-order chi connectivity index (χ1) is 7.25. The lowest BCUT2D eigenvalue weighted by atomic mass is 9.99. The van der Waals surface area contributed by atoms with Crippen LogP contribution < -0.4 is 0 Å². The molecule has 0 saturated heterocycles. The highest BCUT2D eigenvalue weighted by Crippen LogP contribution is 2.40. The molecule has 3 rings (SSSR count). The van der Waals surface area contributed by atoms with Crippen molar-refractivity contribution in [1.82, 2.24) is 4.37 Å². The third-order valence-corrected chi connectivity index (χ3v) is 4.59. The number of thiophene rings is 1. The molecule has 1 aliphatic rings. The van der Waals surface area contributed by atoms with Crippen LogP contribution in [0.5, 0.6) is 0 Å². The summed E-state index contributed by atoms with van der Waals surface area (Å²) >= 11 is 2.85. The quantitative estimate of drug-likeness (QED) is 0.829. The molecule has 0 fully saturated rings. The van der Waals surface area contributed by atoms with E-state index in [1.54, 1.807) is 6.07 Å². The second kappa shape index (κ2) is 3.15. The smallest absolute Gasteiger partial charge is 0.345 e. The number of aromatic nitrogens is 1. The fourth-order valence-corrected chi connectivity index (χ4v) is 3.73. The summed E-state index contributed by atoms with van der Waals surface area (Å²) in [7, 11) is 0. The Kier molecular flexibility index (Phi) is 1.90. The Morgan fingerprint density at radius 1 is 1.47 bits per heavy atom. The zero-order valence-corrected chi connectivity index (χ0v) is 9.32. The van der Waals surface area contributed by atoms with E-state index in [0.717, 1.165) is 23.3 Å². The van der Waals surface area contributed by atoms with Gasteiger partial charge in [0.05, 0.1) is 4.88 Å². The van der Waals surface area contributed by atoms with Crippen LogP contribution in [-0.4, -0.2) is 15.4 Å². The van der Waals surface area contributed by atoms with Crippen molar-refractivity contribution >= 4 is 28.8 Å². The van der Waals surface area contributed by atoms with Gasteiger partial charge in [-0.3, -0.25) is 0 Å². The molecule has 0 aliphatic heterocycles. The zero-order chi connectivity index (χ0) is 10.4. The maximum Gasteiger partial charge on any atom is 0.345 e. The van der Waals surface area contributed by atoms with Crippen molar-refractivity contribution in [3.8, 4) is 10.4 Å². The molecular weight excluding hydrogens is 230 g/mol. The number of aromatic carboxylic acids is 1. The van der Waals surface area contributed by atoms with Crippen molar-refractivity contribution in [3.05, 3.63) is 27.6 Å². The Labute approximate surface area is 94.2 Å². The first-order valence-electron chi connectivity index (χ1n) is 4.55. The van der Waals surface area contributed by atoms with Crippen LogP contribution in [0.2, 0.25) is 0 Å². The summed E-state index contributed by atoms with van der Waals surface area (Å²) in [6.07, 6.45) is 3.82. The van der Waals surface area contributed by atoms with E-state index in [4.69, 9.17) is 5.11 Å². The predicted octanol–water partition coefficient (Wildman–Crippen LogP) is 2.67. The SMILES string of the molecule is O=C(O)c1cc2c(s1)CCc1cnsc1-2. The number of hydrogen-bond acceptors (Lipinski definition) is 4. The van der Waals surface area contributed by atoms with Gasteiger partial charge in [0.25, 0.3) is 0 Å². The molecule has 0 amide bonds. The van der Waals surface area contributed by atoms with Crippen molar-refractivity contribution in [2.75, 3.05) is 0 Å². The molecule has 0 saturated carbocycles. The van der Waals surface area contributed by atoms with Crippen molar-refractivity contribution in [3.63, 3.8) is 0 Å². The minimum absolute atomic E-state index is 0.432. The van der Waals surface area contributed by atoms with Crippen LogP contribution >= 0.6 is 22.9 Å². The van der Waals surface area contributed by atoms with E-state index < -0.39 is 5.97 Å². The average Bonchev–Trinajstić information content (AvgIpc) is 2.82. The molecular formula is C10H7NO2S2. The molecule has 0 radical (unpaired) electrons. The summed E-state index contributed by atoms with van der Waals surface area (Å²) in [5.74, 6) is -0.833. The molecule has 76 valence electrons. The van der Waals surface area contributed by atoms with Crippen LogP contribution in [0.4, 0.5) is 0 Å². The third kappa shape index (κ3) is 1.31. The van der Waals surface area contributed by atoms with Crippen LogP contribution in [-0.2, 0) is 12.8 Å². The van der Waals surface area contributed by atoms with Gasteiger partial charge in [-0.1, -0.05) is 0 Å². The fraction of sp³-hybridized carbons (Fsp3) is 0.200. The number of carboxylic acids is 1. The van der Waals surface area contributed by atoms with Gasteiger partial charge in [0, 0.05) is 16.6 Å². The van der Waals surface area contributed by atoms with Gasteiger partial charge in [0.15, 0.2) is 0 Å². The monoisotopic (exact) mass is 237 g/mol. The molecule has 3 nitrogen and oxygen atoms in total. The topological polar surface area (TPSA) is 50.2 Å². The molecule has 2 aromatic heterocycles. The van der Waals surface area contributed by atoms with Crippen molar-refractivity contribution in [2.24, 2.45) is 0 Å². The molecule has 2 heterocycles. The van der Waals surface area contributed by atoms with Crippen molar-refractivity contribution in [2.45, 2.75) is 12.8 Å². The summed E-state index contributed by atoms with van der Waals surface area (Å²) in [5.41, 5.74) is 2.34. The van der Waals surface area contributed by atoms with E-state index in [2.05, 4.69) is 4.37 Å². The molecule has 1 N–H and O–H groups in total. The van der Waals surface area contributed by atoms with Crippen LogP contribution in [0.3, 0.4) is 0 Å². The lowest BCUT2D eigenvalue weighted by molar-refractivity contribution is 0.0702. The van der Waals surface area contributed by atoms with Gasteiger partial charge in [-0.15, -0.1) is 11.3 Å². The first-order valence-corrected chi connectivity index (χ1v) is 6.14. The van der Waals surface area contributed by atoms with Gasteiger partial charge in [-0.05, 0) is 36.0 Å². The molecule has 0 unspecified atom stereocenters. The van der Waals surface area contributed by atoms with Crippen LogP contribution in [0, 0.1) is 0 Å². The second-order valence-electron chi connectivity index (χ2n) is 3.43. The number of carboxylic acid groups (broad SMARTS) is 1. The summed E-state index contributed by atoms with van der Waals surface area (Å²) in [6.45, 7) is 0. The Balaban J connectivity index is 2.20. The summed E-state index contributed by atoms with van der Waals surface area (Å²) < 4.78 is 4.16. The molecule has 0 aromatic carbocycles. The van der Waals surface area contributed by atoms with E-state index in [9.17, 15) is 4.79 Å². The number of fused-ring (bicyclic) bond motifs is 3. The van der Waals surface area contributed by atoms with E-state index in [1.807, 2.05) is 6.20 Å². The summed E-state index contributed by atoms with van der Waals surface area (Å²) in [5, 5.41) is 8.93. The van der Waals surface area contributed by atoms with Crippen molar-refractivity contribution < 1.29 is 9.90 Å². The predicted molar refractivity (Wildman–Crippen MR) is 59.8 cm³/mol. The number of hydrogen-bond donors (Lipinski definition) is 1. The first kappa shape index (κ1) is 9.06. The standard InChI is InChI=1S/C10H7NO2S2/c12-10(13)8-3-6-7(14-8)2-1-5-4-11-15-9(5)6/h3-4H,1-2H2,(H,12,13). The molecule has 1 aliphatic carbocycles. The van der Waals surface area contributed by atoms with Gasteiger partial charge in [0.1, 0.15) is 4.88 Å².